The van der Waals surface area contributed by atoms with Crippen LogP contribution in [-0.2, 0) is 9.59 Å². The molecule has 1 aromatic rings. The number of amides is 1. The number of aliphatic hydroxyl groups is 1. The number of carbonyl (C=O) groups is 2. The van der Waals surface area contributed by atoms with Crippen LogP contribution >= 0.6 is 23.2 Å². The number of carboxylic acids is 1. The summed E-state index contributed by atoms with van der Waals surface area (Å²) in [7, 11) is 0. The number of nitrogens with one attached hydrogen (secondary N) is 1. The number of halogens is 2. The molecule has 1 unspecified atom stereocenters. The van der Waals surface area contributed by atoms with E-state index >= 15 is 0 Å². The highest BCUT2D eigenvalue weighted by molar-refractivity contribution is 6.34. The lowest BCUT2D eigenvalue weighted by molar-refractivity contribution is -0.143. The van der Waals surface area contributed by atoms with Gasteiger partial charge in [-0.3, -0.25) is 4.79 Å². The molecule has 0 spiro atoms. The fourth-order valence-electron chi connectivity index (χ4n) is 1.80. The number of hydrogen-bond acceptors (Lipinski definition) is 3. The molecule has 0 aliphatic carbocycles. The maximum absolute atomic E-state index is 11.9. The van der Waals surface area contributed by atoms with E-state index in [0.29, 0.717) is 12.8 Å². The summed E-state index contributed by atoms with van der Waals surface area (Å²) in [5, 5.41) is 21.9. The van der Waals surface area contributed by atoms with Gasteiger partial charge in [0.05, 0.1) is 0 Å². The van der Waals surface area contributed by atoms with Gasteiger partial charge in [0.1, 0.15) is 6.04 Å². The van der Waals surface area contributed by atoms with Crippen molar-refractivity contribution in [2.24, 2.45) is 0 Å². The molecule has 0 radical (unpaired) electrons. The minimum Gasteiger partial charge on any atom is -0.480 e. The molecule has 0 aliphatic heterocycles. The Balaban J connectivity index is 2.78. The Labute approximate surface area is 132 Å². The predicted molar refractivity (Wildman–Crippen MR) is 80.5 cm³/mol. The van der Waals surface area contributed by atoms with Crippen molar-refractivity contribution in [1.82, 2.24) is 5.32 Å². The van der Waals surface area contributed by atoms with Crippen LogP contribution in [0.15, 0.2) is 18.2 Å². The molecule has 0 aliphatic rings. The first-order valence-electron chi connectivity index (χ1n) is 6.52. The average molecular weight is 334 g/mol. The Hall–Kier alpha value is -1.30. The fraction of sp³-hybridized carbons (Fsp3) is 0.429. The lowest BCUT2D eigenvalue weighted by atomic mass is 10.1. The number of benzene rings is 1. The van der Waals surface area contributed by atoms with Gasteiger partial charge in [-0.2, -0.15) is 0 Å². The molecule has 3 N–H and O–H groups in total. The van der Waals surface area contributed by atoms with Crippen molar-refractivity contribution in [2.45, 2.75) is 38.3 Å². The molecular weight excluding hydrogens is 317 g/mol. The van der Waals surface area contributed by atoms with Crippen LogP contribution < -0.4 is 5.32 Å². The number of aliphatic hydroxyl groups excluding tert-OH is 1. The highest BCUT2D eigenvalue weighted by Gasteiger charge is 2.24. The van der Waals surface area contributed by atoms with Crippen LogP contribution in [0.4, 0.5) is 0 Å². The van der Waals surface area contributed by atoms with Gasteiger partial charge in [-0.25, -0.2) is 4.79 Å². The lowest BCUT2D eigenvalue weighted by Crippen LogP contribution is -2.43. The first-order chi connectivity index (χ1) is 9.85. The third kappa shape index (κ3) is 5.53. The highest BCUT2D eigenvalue weighted by Crippen LogP contribution is 2.23. The van der Waals surface area contributed by atoms with Crippen LogP contribution in [0.2, 0.25) is 10.0 Å². The van der Waals surface area contributed by atoms with Gasteiger partial charge < -0.3 is 15.5 Å². The summed E-state index contributed by atoms with van der Waals surface area (Å²) in [6, 6.07) is 3.25. The summed E-state index contributed by atoms with van der Waals surface area (Å²) in [4.78, 5) is 23.0. The van der Waals surface area contributed by atoms with E-state index in [1.807, 2.05) is 6.92 Å². The molecular formula is C14H17Cl2NO4. The molecule has 1 amide bonds. The zero-order valence-corrected chi connectivity index (χ0v) is 13.0. The summed E-state index contributed by atoms with van der Waals surface area (Å²) >= 11 is 11.6. The van der Waals surface area contributed by atoms with Gasteiger partial charge in [0.2, 0.25) is 0 Å². The van der Waals surface area contributed by atoms with Crippen LogP contribution in [0.3, 0.4) is 0 Å². The first-order valence-corrected chi connectivity index (χ1v) is 7.28. The minimum absolute atomic E-state index is 0.213. The molecule has 0 fully saturated rings. The van der Waals surface area contributed by atoms with Gasteiger partial charge in [-0.15, -0.1) is 0 Å². The van der Waals surface area contributed by atoms with Crippen LogP contribution in [0.25, 0.3) is 0 Å². The van der Waals surface area contributed by atoms with Crippen molar-refractivity contribution < 1.29 is 19.8 Å². The van der Waals surface area contributed by atoms with Gasteiger partial charge in [0.15, 0.2) is 6.10 Å². The van der Waals surface area contributed by atoms with Crippen molar-refractivity contribution in [2.75, 3.05) is 0 Å². The van der Waals surface area contributed by atoms with Crippen molar-refractivity contribution in [1.29, 1.82) is 0 Å². The molecule has 5 nitrogen and oxygen atoms in total. The molecule has 0 aromatic heterocycles. The first kappa shape index (κ1) is 17.8. The zero-order chi connectivity index (χ0) is 16.0. The predicted octanol–water partition coefficient (Wildman–Crippen LogP) is 2.79. The molecule has 0 heterocycles. The summed E-state index contributed by atoms with van der Waals surface area (Å²) in [6.07, 6.45) is 0.257. The third-order valence-electron chi connectivity index (χ3n) is 2.91. The quantitative estimate of drug-likeness (QED) is 0.716. The summed E-state index contributed by atoms with van der Waals surface area (Å²) in [5.74, 6) is -1.93. The molecule has 2 atom stereocenters. The van der Waals surface area contributed by atoms with Gasteiger partial charge in [0.25, 0.3) is 5.91 Å². The highest BCUT2D eigenvalue weighted by atomic mass is 35.5. The summed E-state index contributed by atoms with van der Waals surface area (Å²) < 4.78 is 0. The van der Waals surface area contributed by atoms with E-state index in [9.17, 15) is 14.7 Å². The minimum atomic E-state index is -1.52. The number of carboxylic acid groups (broad SMARTS) is 1. The van der Waals surface area contributed by atoms with E-state index in [0.717, 1.165) is 6.42 Å². The Morgan fingerprint density at radius 2 is 1.81 bits per heavy atom. The van der Waals surface area contributed by atoms with E-state index in [2.05, 4.69) is 5.32 Å². The molecule has 0 saturated carbocycles. The molecule has 21 heavy (non-hydrogen) atoms. The van der Waals surface area contributed by atoms with Crippen molar-refractivity contribution in [3.8, 4) is 0 Å². The van der Waals surface area contributed by atoms with E-state index in [1.165, 1.54) is 18.2 Å². The SMILES string of the molecule is CCCC[C@H](NC(=O)C(O)c1cc(Cl)cc(Cl)c1)C(=O)O. The maximum Gasteiger partial charge on any atom is 0.326 e. The second-order valence-corrected chi connectivity index (χ2v) is 5.52. The van der Waals surface area contributed by atoms with Crippen molar-refractivity contribution >= 4 is 35.1 Å². The zero-order valence-electron chi connectivity index (χ0n) is 11.5. The number of rotatable bonds is 7. The van der Waals surface area contributed by atoms with Crippen molar-refractivity contribution in [3.05, 3.63) is 33.8 Å². The number of hydrogen-bond donors (Lipinski definition) is 3. The molecule has 116 valence electrons. The lowest BCUT2D eigenvalue weighted by Gasteiger charge is -2.17. The monoisotopic (exact) mass is 333 g/mol. The third-order valence-corrected chi connectivity index (χ3v) is 3.35. The van der Waals surface area contributed by atoms with Crippen LogP contribution in [0.5, 0.6) is 0 Å². The Morgan fingerprint density at radius 3 is 2.29 bits per heavy atom. The fourth-order valence-corrected chi connectivity index (χ4v) is 2.34. The maximum atomic E-state index is 11.9. The largest absolute Gasteiger partial charge is 0.480 e. The average Bonchev–Trinajstić information content (AvgIpc) is 2.40. The molecule has 7 heteroatoms. The second-order valence-electron chi connectivity index (χ2n) is 4.65. The Morgan fingerprint density at radius 1 is 1.24 bits per heavy atom. The van der Waals surface area contributed by atoms with E-state index in [4.69, 9.17) is 28.3 Å². The topological polar surface area (TPSA) is 86.6 Å². The summed E-state index contributed by atoms with van der Waals surface area (Å²) in [6.45, 7) is 1.92. The van der Waals surface area contributed by atoms with Crippen LogP contribution in [0.1, 0.15) is 37.9 Å². The van der Waals surface area contributed by atoms with Gasteiger partial charge in [0, 0.05) is 10.0 Å². The van der Waals surface area contributed by atoms with E-state index < -0.39 is 24.0 Å². The Bertz CT molecular complexity index is 501. The smallest absolute Gasteiger partial charge is 0.326 e. The van der Waals surface area contributed by atoms with Gasteiger partial charge >= 0.3 is 5.97 Å². The molecule has 0 saturated heterocycles. The van der Waals surface area contributed by atoms with Crippen molar-refractivity contribution in [3.63, 3.8) is 0 Å². The standard InChI is InChI=1S/C14H17Cl2NO4/c1-2-3-4-11(14(20)21)17-13(19)12(18)8-5-9(15)7-10(16)6-8/h5-7,11-12,18H,2-4H2,1H3,(H,17,19)(H,20,21)/t11-,12?/m0/s1. The molecule has 1 rings (SSSR count). The summed E-state index contributed by atoms with van der Waals surface area (Å²) in [5.41, 5.74) is 0.213. The normalized spacial score (nSPS) is 13.5. The van der Waals surface area contributed by atoms with Gasteiger partial charge in [-0.1, -0.05) is 43.0 Å². The number of aliphatic carboxylic acids is 1. The molecule has 0 bridgehead atoms. The second kappa shape index (κ2) is 8.22. The molecule has 1 aromatic carbocycles. The van der Waals surface area contributed by atoms with Gasteiger partial charge in [-0.05, 0) is 30.2 Å². The number of carbonyl (C=O) groups excluding carboxylic acids is 1. The van der Waals surface area contributed by atoms with Crippen LogP contribution in [-0.4, -0.2) is 28.1 Å². The van der Waals surface area contributed by atoms with Crippen LogP contribution in [0, 0.1) is 0 Å². The van der Waals surface area contributed by atoms with E-state index in [-0.39, 0.29) is 15.6 Å². The Kier molecular flexibility index (Phi) is 6.95. The van der Waals surface area contributed by atoms with E-state index in [1.54, 1.807) is 0 Å². The number of unbranched alkanes of at least 4 members (excludes halogenated alkanes) is 1.